The zero-order chi connectivity index (χ0) is 18.5. The lowest BCUT2D eigenvalue weighted by Crippen LogP contribution is -2.58. The molecule has 27 heavy (non-hydrogen) atoms. The molecule has 3 aliphatic rings. The minimum Gasteiger partial charge on any atom is -0.367 e. The standard InChI is InChI=1S/C23H24FNO2/c24-19-7-3-6-18(15-19)22(10-4-11-22)21(26)25-13-14-27-23(16-25)12-9-17-5-1-2-8-20(17)23/h1-3,5-8,15H,4,9-14,16H2/t23-/m1/s1. The molecule has 1 atom stereocenters. The number of benzene rings is 2. The SMILES string of the molecule is O=C(N1CCO[C@]2(CCc3ccccc32)C1)C1(c2cccc(F)c2)CCC1. The molecule has 2 aliphatic carbocycles. The number of ether oxygens (including phenoxy) is 1. The first-order chi connectivity index (χ1) is 13.1. The van der Waals surface area contributed by atoms with Crippen molar-refractivity contribution in [2.24, 2.45) is 0 Å². The smallest absolute Gasteiger partial charge is 0.233 e. The third-order valence-electron chi connectivity index (χ3n) is 6.77. The minimum atomic E-state index is -0.557. The molecule has 1 amide bonds. The van der Waals surface area contributed by atoms with Crippen LogP contribution in [-0.2, 0) is 27.0 Å². The van der Waals surface area contributed by atoms with Crippen LogP contribution in [0, 0.1) is 5.82 Å². The third kappa shape index (κ3) is 2.53. The second kappa shape index (κ2) is 6.16. The molecule has 0 N–H and O–H groups in total. The lowest BCUT2D eigenvalue weighted by molar-refractivity contribution is -0.160. The monoisotopic (exact) mass is 365 g/mol. The Balaban J connectivity index is 1.46. The highest BCUT2D eigenvalue weighted by molar-refractivity contribution is 5.89. The van der Waals surface area contributed by atoms with E-state index in [1.165, 1.54) is 23.3 Å². The summed E-state index contributed by atoms with van der Waals surface area (Å²) in [5, 5.41) is 0. The Bertz CT molecular complexity index is 887. The minimum absolute atomic E-state index is 0.145. The number of hydrogen-bond acceptors (Lipinski definition) is 2. The van der Waals surface area contributed by atoms with Crippen molar-refractivity contribution >= 4 is 5.91 Å². The second-order valence-electron chi connectivity index (χ2n) is 8.17. The molecule has 2 aromatic carbocycles. The van der Waals surface area contributed by atoms with E-state index in [0.29, 0.717) is 19.7 Å². The highest BCUT2D eigenvalue weighted by Crippen LogP contribution is 2.48. The van der Waals surface area contributed by atoms with Crippen molar-refractivity contribution < 1.29 is 13.9 Å². The van der Waals surface area contributed by atoms with E-state index in [0.717, 1.165) is 37.7 Å². The lowest BCUT2D eigenvalue weighted by atomic mass is 9.63. The predicted octanol–water partition coefficient (Wildman–Crippen LogP) is 3.95. The van der Waals surface area contributed by atoms with Gasteiger partial charge in [-0.1, -0.05) is 42.8 Å². The molecular weight excluding hydrogens is 341 g/mol. The molecule has 4 heteroatoms. The third-order valence-corrected chi connectivity index (χ3v) is 6.77. The quantitative estimate of drug-likeness (QED) is 0.807. The van der Waals surface area contributed by atoms with Crippen LogP contribution in [0.3, 0.4) is 0 Å². The van der Waals surface area contributed by atoms with Crippen molar-refractivity contribution in [2.75, 3.05) is 19.7 Å². The van der Waals surface area contributed by atoms with Gasteiger partial charge >= 0.3 is 0 Å². The van der Waals surface area contributed by atoms with E-state index in [4.69, 9.17) is 4.74 Å². The molecule has 0 bridgehead atoms. The first-order valence-electron chi connectivity index (χ1n) is 9.91. The Morgan fingerprint density at radius 1 is 1.07 bits per heavy atom. The van der Waals surface area contributed by atoms with Crippen LogP contribution < -0.4 is 0 Å². The number of nitrogens with zero attached hydrogens (tertiary/aromatic N) is 1. The predicted molar refractivity (Wildman–Crippen MR) is 101 cm³/mol. The second-order valence-corrected chi connectivity index (χ2v) is 8.17. The first kappa shape index (κ1) is 16.9. The summed E-state index contributed by atoms with van der Waals surface area (Å²) in [6, 6.07) is 15.0. The Morgan fingerprint density at radius 3 is 2.70 bits per heavy atom. The summed E-state index contributed by atoms with van der Waals surface area (Å²) in [5.74, 6) is -0.124. The van der Waals surface area contributed by atoms with Crippen LogP contribution in [0.25, 0.3) is 0 Å². The van der Waals surface area contributed by atoms with Crippen molar-refractivity contribution in [1.82, 2.24) is 4.90 Å². The Labute approximate surface area is 159 Å². The van der Waals surface area contributed by atoms with Crippen LogP contribution in [0.15, 0.2) is 48.5 Å². The normalized spacial score (nSPS) is 25.9. The number of carbonyl (C=O) groups is 1. The number of hydrogen-bond donors (Lipinski definition) is 0. The highest BCUT2D eigenvalue weighted by atomic mass is 19.1. The Kier molecular flexibility index (Phi) is 3.87. The Hall–Kier alpha value is -2.20. The maximum absolute atomic E-state index is 13.8. The molecule has 1 spiro atoms. The van der Waals surface area contributed by atoms with Crippen LogP contribution in [0.4, 0.5) is 4.39 Å². The van der Waals surface area contributed by atoms with Crippen LogP contribution in [0.1, 0.15) is 42.4 Å². The maximum Gasteiger partial charge on any atom is 0.233 e. The van der Waals surface area contributed by atoms with E-state index in [2.05, 4.69) is 24.3 Å². The highest BCUT2D eigenvalue weighted by Gasteiger charge is 2.51. The average Bonchev–Trinajstić information content (AvgIpc) is 2.99. The van der Waals surface area contributed by atoms with Crippen molar-refractivity contribution in [3.05, 3.63) is 71.0 Å². The van der Waals surface area contributed by atoms with Gasteiger partial charge in [-0.3, -0.25) is 4.79 Å². The number of carbonyl (C=O) groups excluding carboxylic acids is 1. The fraction of sp³-hybridized carbons (Fsp3) is 0.435. The fourth-order valence-corrected chi connectivity index (χ4v) is 5.17. The van der Waals surface area contributed by atoms with E-state index in [-0.39, 0.29) is 17.3 Å². The summed E-state index contributed by atoms with van der Waals surface area (Å²) in [6.07, 6.45) is 4.53. The maximum atomic E-state index is 13.8. The molecule has 2 aromatic rings. The molecule has 1 aliphatic heterocycles. The van der Waals surface area contributed by atoms with Crippen molar-refractivity contribution in [3.63, 3.8) is 0 Å². The zero-order valence-electron chi connectivity index (χ0n) is 15.4. The molecule has 0 unspecified atom stereocenters. The van der Waals surface area contributed by atoms with E-state index in [9.17, 15) is 9.18 Å². The molecule has 3 nitrogen and oxygen atoms in total. The first-order valence-corrected chi connectivity index (χ1v) is 9.91. The van der Waals surface area contributed by atoms with Gasteiger partial charge in [0.15, 0.2) is 0 Å². The molecule has 1 heterocycles. The summed E-state index contributed by atoms with van der Waals surface area (Å²) >= 11 is 0. The fourth-order valence-electron chi connectivity index (χ4n) is 5.17. The summed E-state index contributed by atoms with van der Waals surface area (Å²) in [7, 11) is 0. The van der Waals surface area contributed by atoms with Gasteiger partial charge in [0.2, 0.25) is 5.91 Å². The number of fused-ring (bicyclic) bond motifs is 2. The van der Waals surface area contributed by atoms with Gasteiger partial charge in [0, 0.05) is 6.54 Å². The van der Waals surface area contributed by atoms with Crippen molar-refractivity contribution in [3.8, 4) is 0 Å². The molecule has 0 aromatic heterocycles. The van der Waals surface area contributed by atoms with Crippen molar-refractivity contribution in [2.45, 2.75) is 43.1 Å². The number of morpholine rings is 1. The topological polar surface area (TPSA) is 29.5 Å². The van der Waals surface area contributed by atoms with Crippen LogP contribution in [0.5, 0.6) is 0 Å². The van der Waals surface area contributed by atoms with Crippen LogP contribution in [0.2, 0.25) is 0 Å². The van der Waals surface area contributed by atoms with Gasteiger partial charge in [0.05, 0.1) is 18.6 Å². The van der Waals surface area contributed by atoms with Crippen molar-refractivity contribution in [1.29, 1.82) is 0 Å². The lowest BCUT2D eigenvalue weighted by Gasteiger charge is -2.48. The summed E-state index contributed by atoms with van der Waals surface area (Å²) in [6.45, 7) is 1.76. The largest absolute Gasteiger partial charge is 0.367 e. The molecule has 140 valence electrons. The van der Waals surface area contributed by atoms with Crippen LogP contribution in [-0.4, -0.2) is 30.5 Å². The van der Waals surface area contributed by atoms with Gasteiger partial charge in [0.25, 0.3) is 0 Å². The van der Waals surface area contributed by atoms with Gasteiger partial charge in [-0.05, 0) is 54.5 Å². The van der Waals surface area contributed by atoms with E-state index >= 15 is 0 Å². The molecule has 1 saturated carbocycles. The summed E-state index contributed by atoms with van der Waals surface area (Å²) < 4.78 is 20.1. The van der Waals surface area contributed by atoms with E-state index in [1.807, 2.05) is 11.0 Å². The van der Waals surface area contributed by atoms with Gasteiger partial charge in [0.1, 0.15) is 11.4 Å². The molecule has 5 rings (SSSR count). The number of aryl methyl sites for hydroxylation is 1. The zero-order valence-corrected chi connectivity index (χ0v) is 15.4. The number of rotatable bonds is 2. The number of halogens is 1. The van der Waals surface area contributed by atoms with E-state index < -0.39 is 5.41 Å². The molecule has 1 saturated heterocycles. The number of amides is 1. The molecule has 0 radical (unpaired) electrons. The van der Waals surface area contributed by atoms with Gasteiger partial charge < -0.3 is 9.64 Å². The van der Waals surface area contributed by atoms with Crippen LogP contribution >= 0.6 is 0 Å². The molecule has 2 fully saturated rings. The molecular formula is C23H24FNO2. The Morgan fingerprint density at radius 2 is 1.93 bits per heavy atom. The van der Waals surface area contributed by atoms with Gasteiger partial charge in [-0.2, -0.15) is 0 Å². The van der Waals surface area contributed by atoms with E-state index in [1.54, 1.807) is 6.07 Å². The summed E-state index contributed by atoms with van der Waals surface area (Å²) in [4.78, 5) is 15.6. The average molecular weight is 365 g/mol. The van der Waals surface area contributed by atoms with Gasteiger partial charge in [-0.15, -0.1) is 0 Å². The van der Waals surface area contributed by atoms with Gasteiger partial charge in [-0.25, -0.2) is 4.39 Å². The summed E-state index contributed by atoms with van der Waals surface area (Å²) in [5.41, 5.74) is 2.45.